The SMILES string of the molecule is CC1CC(CN)CN1CC(=O)N1CCCCC1C. The fourth-order valence-corrected chi connectivity index (χ4v) is 3.34. The molecule has 0 bridgehead atoms. The van der Waals surface area contributed by atoms with Crippen LogP contribution in [0.5, 0.6) is 0 Å². The highest BCUT2D eigenvalue weighted by molar-refractivity contribution is 5.78. The summed E-state index contributed by atoms with van der Waals surface area (Å²) in [5.74, 6) is 0.887. The summed E-state index contributed by atoms with van der Waals surface area (Å²) >= 11 is 0. The zero-order valence-corrected chi connectivity index (χ0v) is 11.8. The molecule has 104 valence electrons. The third kappa shape index (κ3) is 3.04. The molecule has 2 saturated heterocycles. The number of piperidine rings is 1. The number of nitrogens with two attached hydrogens (primary N) is 1. The van der Waals surface area contributed by atoms with Crippen LogP contribution in [0.2, 0.25) is 0 Å². The third-order valence-electron chi connectivity index (χ3n) is 4.59. The highest BCUT2D eigenvalue weighted by Crippen LogP contribution is 2.23. The topological polar surface area (TPSA) is 49.6 Å². The molecule has 0 aromatic heterocycles. The molecule has 2 heterocycles. The molecule has 4 nitrogen and oxygen atoms in total. The predicted octanol–water partition coefficient (Wildman–Crippen LogP) is 1.06. The molecule has 0 aromatic carbocycles. The minimum Gasteiger partial charge on any atom is -0.339 e. The van der Waals surface area contributed by atoms with Gasteiger partial charge in [-0.3, -0.25) is 9.69 Å². The van der Waals surface area contributed by atoms with Gasteiger partial charge in [0, 0.05) is 25.2 Å². The molecular weight excluding hydrogens is 226 g/mol. The van der Waals surface area contributed by atoms with E-state index in [1.807, 2.05) is 0 Å². The smallest absolute Gasteiger partial charge is 0.236 e. The van der Waals surface area contributed by atoms with Crippen LogP contribution in [0.15, 0.2) is 0 Å². The van der Waals surface area contributed by atoms with Gasteiger partial charge in [0.05, 0.1) is 6.54 Å². The van der Waals surface area contributed by atoms with Crippen molar-refractivity contribution in [2.45, 2.75) is 51.6 Å². The van der Waals surface area contributed by atoms with Crippen LogP contribution in [0, 0.1) is 5.92 Å². The van der Waals surface area contributed by atoms with Crippen LogP contribution in [-0.2, 0) is 4.79 Å². The Hall–Kier alpha value is -0.610. The summed E-state index contributed by atoms with van der Waals surface area (Å²) in [4.78, 5) is 16.7. The Labute approximate surface area is 110 Å². The summed E-state index contributed by atoms with van der Waals surface area (Å²) in [5.41, 5.74) is 5.73. The monoisotopic (exact) mass is 253 g/mol. The maximum atomic E-state index is 12.4. The second-order valence-corrected chi connectivity index (χ2v) is 6.05. The number of hydrogen-bond acceptors (Lipinski definition) is 3. The largest absolute Gasteiger partial charge is 0.339 e. The molecule has 0 aromatic rings. The fraction of sp³-hybridized carbons (Fsp3) is 0.929. The van der Waals surface area contributed by atoms with Gasteiger partial charge in [-0.15, -0.1) is 0 Å². The summed E-state index contributed by atoms with van der Waals surface area (Å²) < 4.78 is 0. The standard InChI is InChI=1S/C14H27N3O/c1-11-5-3-4-6-17(11)14(18)10-16-9-13(8-15)7-12(16)2/h11-13H,3-10,15H2,1-2H3. The Morgan fingerprint density at radius 1 is 1.28 bits per heavy atom. The second kappa shape index (κ2) is 6.02. The molecule has 0 radical (unpaired) electrons. The lowest BCUT2D eigenvalue weighted by Gasteiger charge is -2.35. The average Bonchev–Trinajstić information content (AvgIpc) is 2.70. The average molecular weight is 253 g/mol. The van der Waals surface area contributed by atoms with Crippen molar-refractivity contribution >= 4 is 5.91 Å². The highest BCUT2D eigenvalue weighted by Gasteiger charge is 2.31. The molecule has 2 N–H and O–H groups in total. The van der Waals surface area contributed by atoms with E-state index in [1.54, 1.807) is 0 Å². The number of carbonyl (C=O) groups excluding carboxylic acids is 1. The molecule has 4 heteroatoms. The number of rotatable bonds is 3. The van der Waals surface area contributed by atoms with Gasteiger partial charge in [0.25, 0.3) is 0 Å². The van der Waals surface area contributed by atoms with Crippen molar-refractivity contribution in [3.8, 4) is 0 Å². The zero-order chi connectivity index (χ0) is 13.1. The third-order valence-corrected chi connectivity index (χ3v) is 4.59. The number of amides is 1. The molecule has 2 rings (SSSR count). The quantitative estimate of drug-likeness (QED) is 0.818. The minimum atomic E-state index is 0.312. The van der Waals surface area contributed by atoms with Crippen LogP contribution >= 0.6 is 0 Å². The first-order chi connectivity index (χ1) is 8.61. The van der Waals surface area contributed by atoms with Gasteiger partial charge in [0.1, 0.15) is 0 Å². The van der Waals surface area contributed by atoms with Crippen molar-refractivity contribution in [2.75, 3.05) is 26.2 Å². The van der Waals surface area contributed by atoms with E-state index in [-0.39, 0.29) is 0 Å². The van der Waals surface area contributed by atoms with Crippen molar-refractivity contribution in [1.29, 1.82) is 0 Å². The maximum Gasteiger partial charge on any atom is 0.236 e. The van der Waals surface area contributed by atoms with E-state index in [9.17, 15) is 4.79 Å². The molecule has 18 heavy (non-hydrogen) atoms. The number of likely N-dealkylation sites (tertiary alicyclic amines) is 2. The lowest BCUT2D eigenvalue weighted by Crippen LogP contribution is -2.47. The lowest BCUT2D eigenvalue weighted by molar-refractivity contribution is -0.135. The molecule has 3 atom stereocenters. The number of hydrogen-bond donors (Lipinski definition) is 1. The van der Waals surface area contributed by atoms with E-state index in [2.05, 4.69) is 23.6 Å². The molecule has 0 saturated carbocycles. The van der Waals surface area contributed by atoms with Crippen LogP contribution in [0.25, 0.3) is 0 Å². The van der Waals surface area contributed by atoms with Gasteiger partial charge in [0.2, 0.25) is 5.91 Å². The second-order valence-electron chi connectivity index (χ2n) is 6.05. The molecule has 2 fully saturated rings. The van der Waals surface area contributed by atoms with Gasteiger partial charge >= 0.3 is 0 Å². The molecule has 3 unspecified atom stereocenters. The number of carbonyl (C=O) groups is 1. The van der Waals surface area contributed by atoms with Crippen LogP contribution in [0.4, 0.5) is 0 Å². The summed E-state index contributed by atoms with van der Waals surface area (Å²) in [6.07, 6.45) is 4.73. The van der Waals surface area contributed by atoms with E-state index >= 15 is 0 Å². The van der Waals surface area contributed by atoms with Gasteiger partial charge in [0.15, 0.2) is 0 Å². The van der Waals surface area contributed by atoms with Crippen LogP contribution in [0.3, 0.4) is 0 Å². The molecular formula is C14H27N3O. The Morgan fingerprint density at radius 2 is 2.06 bits per heavy atom. The Balaban J connectivity index is 1.87. The van der Waals surface area contributed by atoms with Gasteiger partial charge in [-0.05, 0) is 52.0 Å². The van der Waals surface area contributed by atoms with Crippen LogP contribution in [0.1, 0.15) is 39.5 Å². The van der Waals surface area contributed by atoms with Gasteiger partial charge in [-0.1, -0.05) is 0 Å². The maximum absolute atomic E-state index is 12.4. The molecule has 2 aliphatic rings. The molecule has 1 amide bonds. The predicted molar refractivity (Wildman–Crippen MR) is 73.2 cm³/mol. The molecule has 0 spiro atoms. The van der Waals surface area contributed by atoms with Gasteiger partial charge < -0.3 is 10.6 Å². The first-order valence-electron chi connectivity index (χ1n) is 7.35. The van der Waals surface area contributed by atoms with E-state index in [0.717, 1.165) is 38.9 Å². The van der Waals surface area contributed by atoms with Gasteiger partial charge in [-0.2, -0.15) is 0 Å². The van der Waals surface area contributed by atoms with Crippen molar-refractivity contribution in [1.82, 2.24) is 9.80 Å². The van der Waals surface area contributed by atoms with Crippen LogP contribution < -0.4 is 5.73 Å². The number of nitrogens with zero attached hydrogens (tertiary/aromatic N) is 2. The highest BCUT2D eigenvalue weighted by atomic mass is 16.2. The Morgan fingerprint density at radius 3 is 2.67 bits per heavy atom. The fourth-order valence-electron chi connectivity index (χ4n) is 3.34. The van der Waals surface area contributed by atoms with Crippen LogP contribution in [-0.4, -0.2) is 54.0 Å². The zero-order valence-electron chi connectivity index (χ0n) is 11.8. The van der Waals surface area contributed by atoms with Crippen molar-refractivity contribution in [3.63, 3.8) is 0 Å². The minimum absolute atomic E-state index is 0.312. The summed E-state index contributed by atoms with van der Waals surface area (Å²) in [7, 11) is 0. The molecule has 2 aliphatic heterocycles. The van der Waals surface area contributed by atoms with E-state index in [1.165, 1.54) is 6.42 Å². The first-order valence-corrected chi connectivity index (χ1v) is 7.35. The van der Waals surface area contributed by atoms with E-state index in [4.69, 9.17) is 5.73 Å². The van der Waals surface area contributed by atoms with E-state index in [0.29, 0.717) is 30.5 Å². The van der Waals surface area contributed by atoms with E-state index < -0.39 is 0 Å². The summed E-state index contributed by atoms with van der Waals surface area (Å²) in [5, 5.41) is 0. The first kappa shape index (κ1) is 13.8. The van der Waals surface area contributed by atoms with Gasteiger partial charge in [-0.25, -0.2) is 0 Å². The lowest BCUT2D eigenvalue weighted by atomic mass is 10.0. The Kier molecular flexibility index (Phi) is 4.62. The van der Waals surface area contributed by atoms with Crippen molar-refractivity contribution in [2.24, 2.45) is 11.7 Å². The summed E-state index contributed by atoms with van der Waals surface area (Å²) in [6, 6.07) is 0.928. The van der Waals surface area contributed by atoms with Crippen molar-refractivity contribution < 1.29 is 4.79 Å². The normalized spacial score (nSPS) is 33.9. The summed E-state index contributed by atoms with van der Waals surface area (Å²) in [6.45, 7) is 7.65. The van der Waals surface area contributed by atoms with Crippen molar-refractivity contribution in [3.05, 3.63) is 0 Å². The molecule has 0 aliphatic carbocycles. The Bertz CT molecular complexity index is 295.